The second-order valence-electron chi connectivity index (χ2n) is 4.09. The largest absolute Gasteiger partial charge is 0.396 e. The highest BCUT2D eigenvalue weighted by Gasteiger charge is 2.23. The maximum Gasteiger partial charge on any atom is 0.126 e. The summed E-state index contributed by atoms with van der Waals surface area (Å²) in [6.07, 6.45) is 0.381. The van der Waals surface area contributed by atoms with Crippen LogP contribution >= 0.6 is 11.6 Å². The van der Waals surface area contributed by atoms with Crippen molar-refractivity contribution in [3.63, 3.8) is 0 Å². The Bertz CT molecular complexity index is 339. The van der Waals surface area contributed by atoms with Gasteiger partial charge in [-0.3, -0.25) is 0 Å². The fourth-order valence-corrected chi connectivity index (χ4v) is 1.53. The molecule has 0 aromatic heterocycles. The molecule has 0 saturated carbocycles. The first-order valence-electron chi connectivity index (χ1n) is 4.75. The molecule has 0 aliphatic carbocycles. The highest BCUT2D eigenvalue weighted by molar-refractivity contribution is 6.30. The normalized spacial score (nSPS) is 15.0. The Morgan fingerprint density at radius 1 is 1.53 bits per heavy atom. The average molecular weight is 232 g/mol. The van der Waals surface area contributed by atoms with Crippen LogP contribution in [0.5, 0.6) is 0 Å². The smallest absolute Gasteiger partial charge is 0.126 e. The van der Waals surface area contributed by atoms with E-state index in [9.17, 15) is 9.50 Å². The van der Waals surface area contributed by atoms with E-state index in [1.807, 2.05) is 6.92 Å². The molecule has 0 fully saturated rings. The Balaban J connectivity index is 2.92. The van der Waals surface area contributed by atoms with E-state index < -0.39 is 5.41 Å². The number of aliphatic hydroxyl groups is 1. The number of rotatable bonds is 4. The molecule has 0 aliphatic rings. The highest BCUT2D eigenvalue weighted by atomic mass is 35.5. The van der Waals surface area contributed by atoms with Gasteiger partial charge < -0.3 is 10.8 Å². The van der Waals surface area contributed by atoms with E-state index in [2.05, 4.69) is 0 Å². The zero-order valence-corrected chi connectivity index (χ0v) is 9.39. The first-order valence-corrected chi connectivity index (χ1v) is 5.13. The topological polar surface area (TPSA) is 46.2 Å². The summed E-state index contributed by atoms with van der Waals surface area (Å²) < 4.78 is 13.4. The van der Waals surface area contributed by atoms with Crippen molar-refractivity contribution < 1.29 is 9.50 Å². The van der Waals surface area contributed by atoms with Gasteiger partial charge in [0.05, 0.1) is 0 Å². The number of halogens is 2. The monoisotopic (exact) mass is 231 g/mol. The van der Waals surface area contributed by atoms with E-state index >= 15 is 0 Å². The van der Waals surface area contributed by atoms with E-state index in [0.29, 0.717) is 23.6 Å². The summed E-state index contributed by atoms with van der Waals surface area (Å²) in [5.74, 6) is -0.312. The standard InChI is InChI=1S/C11H15ClFNO/c1-11(6-14,7-15)5-8-4-9(12)2-3-10(8)13/h2-4,15H,5-7,14H2,1H3. The first kappa shape index (κ1) is 12.4. The quantitative estimate of drug-likeness (QED) is 0.833. The van der Waals surface area contributed by atoms with Crippen LogP contribution < -0.4 is 5.73 Å². The SMILES string of the molecule is CC(CN)(CO)Cc1cc(Cl)ccc1F. The molecule has 84 valence electrons. The molecule has 0 spiro atoms. The van der Waals surface area contributed by atoms with Gasteiger partial charge >= 0.3 is 0 Å². The molecule has 1 unspecified atom stereocenters. The van der Waals surface area contributed by atoms with Gasteiger partial charge in [-0.2, -0.15) is 0 Å². The molecule has 0 radical (unpaired) electrons. The summed E-state index contributed by atoms with van der Waals surface area (Å²) in [6, 6.07) is 4.39. The Hall–Kier alpha value is -0.640. The zero-order valence-electron chi connectivity index (χ0n) is 8.63. The fraction of sp³-hybridized carbons (Fsp3) is 0.455. The van der Waals surface area contributed by atoms with Crippen LogP contribution in [-0.4, -0.2) is 18.3 Å². The van der Waals surface area contributed by atoms with Gasteiger partial charge in [-0.25, -0.2) is 4.39 Å². The molecule has 1 atom stereocenters. The van der Waals surface area contributed by atoms with Gasteiger partial charge in [0, 0.05) is 23.6 Å². The van der Waals surface area contributed by atoms with Gasteiger partial charge in [0.25, 0.3) is 0 Å². The number of hydrogen-bond acceptors (Lipinski definition) is 2. The summed E-state index contributed by atoms with van der Waals surface area (Å²) in [7, 11) is 0. The molecule has 1 aromatic rings. The lowest BCUT2D eigenvalue weighted by Gasteiger charge is -2.25. The van der Waals surface area contributed by atoms with Gasteiger partial charge in [-0.05, 0) is 30.2 Å². The van der Waals surface area contributed by atoms with Crippen molar-refractivity contribution in [2.24, 2.45) is 11.1 Å². The predicted molar refractivity (Wildman–Crippen MR) is 59.4 cm³/mol. The summed E-state index contributed by atoms with van der Waals surface area (Å²) in [5.41, 5.74) is 5.53. The van der Waals surface area contributed by atoms with Crippen molar-refractivity contribution in [3.8, 4) is 0 Å². The lowest BCUT2D eigenvalue weighted by atomic mass is 9.84. The van der Waals surface area contributed by atoms with Crippen molar-refractivity contribution in [1.29, 1.82) is 0 Å². The number of benzene rings is 1. The van der Waals surface area contributed by atoms with Crippen molar-refractivity contribution in [1.82, 2.24) is 0 Å². The molecule has 15 heavy (non-hydrogen) atoms. The van der Waals surface area contributed by atoms with E-state index in [1.54, 1.807) is 6.07 Å². The lowest BCUT2D eigenvalue weighted by molar-refractivity contribution is 0.148. The molecule has 0 bridgehead atoms. The lowest BCUT2D eigenvalue weighted by Crippen LogP contribution is -2.33. The van der Waals surface area contributed by atoms with E-state index in [0.717, 1.165) is 0 Å². The van der Waals surface area contributed by atoms with Gasteiger partial charge in [0.15, 0.2) is 0 Å². The Kier molecular flexibility index (Phi) is 4.08. The zero-order chi connectivity index (χ0) is 11.5. The molecule has 2 nitrogen and oxygen atoms in total. The van der Waals surface area contributed by atoms with Crippen LogP contribution in [0, 0.1) is 11.2 Å². The minimum absolute atomic E-state index is 0.0740. The molecule has 0 aliphatic heterocycles. The number of hydrogen-bond donors (Lipinski definition) is 2. The number of aliphatic hydroxyl groups excluding tert-OH is 1. The molecule has 4 heteroatoms. The van der Waals surface area contributed by atoms with E-state index in [-0.39, 0.29) is 12.4 Å². The summed E-state index contributed by atoms with van der Waals surface area (Å²) >= 11 is 5.77. The predicted octanol–water partition coefficient (Wildman–Crippen LogP) is 1.98. The third kappa shape index (κ3) is 3.16. The van der Waals surface area contributed by atoms with Crippen molar-refractivity contribution >= 4 is 11.6 Å². The van der Waals surface area contributed by atoms with Crippen molar-refractivity contribution in [2.75, 3.05) is 13.2 Å². The maximum atomic E-state index is 13.4. The third-order valence-electron chi connectivity index (χ3n) is 2.50. The van der Waals surface area contributed by atoms with Gasteiger partial charge in [-0.1, -0.05) is 18.5 Å². The molecule has 0 heterocycles. The van der Waals surface area contributed by atoms with Crippen molar-refractivity contribution in [2.45, 2.75) is 13.3 Å². The molecule has 1 aromatic carbocycles. The van der Waals surface area contributed by atoms with Gasteiger partial charge in [-0.15, -0.1) is 0 Å². The van der Waals surface area contributed by atoms with Crippen LogP contribution in [0.25, 0.3) is 0 Å². The van der Waals surface area contributed by atoms with Crippen LogP contribution in [0.3, 0.4) is 0 Å². The fourth-order valence-electron chi connectivity index (χ4n) is 1.33. The molecular formula is C11H15ClFNO. The Morgan fingerprint density at radius 3 is 2.73 bits per heavy atom. The average Bonchev–Trinajstić information content (AvgIpc) is 2.23. The van der Waals surface area contributed by atoms with Crippen LogP contribution in [-0.2, 0) is 6.42 Å². The summed E-state index contributed by atoms with van der Waals surface area (Å²) in [6.45, 7) is 2.04. The van der Waals surface area contributed by atoms with Crippen LogP contribution in [0.1, 0.15) is 12.5 Å². The Labute approximate surface area is 93.9 Å². The van der Waals surface area contributed by atoms with E-state index in [4.69, 9.17) is 17.3 Å². The summed E-state index contributed by atoms with van der Waals surface area (Å²) in [4.78, 5) is 0. The molecule has 1 rings (SSSR count). The molecule has 0 amide bonds. The van der Waals surface area contributed by atoms with Crippen LogP contribution in [0.15, 0.2) is 18.2 Å². The second kappa shape index (κ2) is 4.92. The minimum atomic E-state index is -0.495. The third-order valence-corrected chi connectivity index (χ3v) is 2.73. The van der Waals surface area contributed by atoms with Crippen LogP contribution in [0.4, 0.5) is 4.39 Å². The molecule has 0 saturated heterocycles. The molecular weight excluding hydrogens is 217 g/mol. The minimum Gasteiger partial charge on any atom is -0.396 e. The van der Waals surface area contributed by atoms with Gasteiger partial charge in [0.2, 0.25) is 0 Å². The van der Waals surface area contributed by atoms with Crippen LogP contribution in [0.2, 0.25) is 5.02 Å². The molecule has 3 N–H and O–H groups in total. The summed E-state index contributed by atoms with van der Waals surface area (Å²) in [5, 5.41) is 9.66. The second-order valence-corrected chi connectivity index (χ2v) is 4.52. The maximum absolute atomic E-state index is 13.4. The number of nitrogens with two attached hydrogens (primary N) is 1. The van der Waals surface area contributed by atoms with E-state index in [1.165, 1.54) is 12.1 Å². The van der Waals surface area contributed by atoms with Crippen molar-refractivity contribution in [3.05, 3.63) is 34.6 Å². The first-order chi connectivity index (χ1) is 7.00. The highest BCUT2D eigenvalue weighted by Crippen LogP contribution is 2.24. The Morgan fingerprint density at radius 2 is 2.20 bits per heavy atom. The van der Waals surface area contributed by atoms with Gasteiger partial charge in [0.1, 0.15) is 5.82 Å².